The zero-order valence-electron chi connectivity index (χ0n) is 32.7. The van der Waals surface area contributed by atoms with Gasteiger partial charge in [-0.1, -0.05) is 30.3 Å². The number of aryl methyl sites for hydroxylation is 1. The van der Waals surface area contributed by atoms with Gasteiger partial charge in [0.2, 0.25) is 21.8 Å². The third kappa shape index (κ3) is 11.0. The van der Waals surface area contributed by atoms with E-state index in [-0.39, 0.29) is 42.1 Å². The number of aromatic nitrogens is 3. The Morgan fingerprint density at radius 3 is 2.35 bits per heavy atom. The van der Waals surface area contributed by atoms with Crippen molar-refractivity contribution in [2.24, 2.45) is 11.8 Å². The average Bonchev–Trinajstić information content (AvgIpc) is 3.63. The number of ether oxygens (including phenoxy) is 2. The van der Waals surface area contributed by atoms with Gasteiger partial charge in [0, 0.05) is 43.2 Å². The summed E-state index contributed by atoms with van der Waals surface area (Å²) in [6.07, 6.45) is 2.39. The zero-order valence-corrected chi connectivity index (χ0v) is 33.5. The third-order valence-corrected chi connectivity index (χ3v) is 12.1. The highest BCUT2D eigenvalue weighted by Crippen LogP contribution is 2.31. The molecule has 0 radical (unpaired) electrons. The molecule has 0 bridgehead atoms. The predicted molar refractivity (Wildman–Crippen MR) is 215 cm³/mol. The van der Waals surface area contributed by atoms with E-state index < -0.39 is 39.4 Å². The molecule has 5 N–H and O–H groups in total. The van der Waals surface area contributed by atoms with Crippen LogP contribution in [-0.2, 0) is 35.5 Å². The number of alkyl carbamates (subject to hydrolysis) is 1. The Morgan fingerprint density at radius 2 is 1.68 bits per heavy atom. The molecule has 1 aromatic heterocycles. The normalized spacial score (nSPS) is 18.3. The lowest BCUT2D eigenvalue weighted by atomic mass is 9.81. The maximum Gasteiger partial charge on any atom is 0.407 e. The van der Waals surface area contributed by atoms with Crippen molar-refractivity contribution in [1.29, 1.82) is 0 Å². The summed E-state index contributed by atoms with van der Waals surface area (Å²) >= 11 is 0. The number of H-pyrrole nitrogens is 2. The van der Waals surface area contributed by atoms with Crippen molar-refractivity contribution in [2.75, 3.05) is 38.2 Å². The molecule has 3 amide bonds. The van der Waals surface area contributed by atoms with Gasteiger partial charge in [-0.2, -0.15) is 9.40 Å². The highest BCUT2D eigenvalue weighted by Gasteiger charge is 2.31. The first-order valence-corrected chi connectivity index (χ1v) is 20.7. The monoisotopic (exact) mass is 801 g/mol. The molecule has 57 heavy (non-hydrogen) atoms. The van der Waals surface area contributed by atoms with Crippen molar-refractivity contribution >= 4 is 33.6 Å². The Hall–Kier alpha value is -5.32. The summed E-state index contributed by atoms with van der Waals surface area (Å²) in [6.45, 7) is 9.08. The van der Waals surface area contributed by atoms with Crippen molar-refractivity contribution in [3.63, 3.8) is 0 Å². The number of benzene rings is 3. The predicted octanol–water partition coefficient (Wildman–Crippen LogP) is 4.76. The second-order valence-electron chi connectivity index (χ2n) is 15.7. The maximum absolute atomic E-state index is 14.0. The molecule has 6 rings (SSSR count). The number of anilines is 1. The Morgan fingerprint density at radius 1 is 0.965 bits per heavy atom. The number of nitrogens with one attached hydrogen (secondary N) is 5. The Kier molecular flexibility index (Phi) is 12.9. The van der Waals surface area contributed by atoms with E-state index in [1.54, 1.807) is 42.5 Å². The standard InChI is InChI=1S/C41H51N7O8S/c1-26-8-17-33(57(53,54)48-18-20-55-21-19-48)24-34(26)31-7-5-6-28(22-31)23-35(38(50)43-32-15-13-29(14-16-32)36-45-39(51)47-46-36)44-37(49)30-11-9-27(10-12-30)25-42-40(52)56-41(2,3)4/h5-8,13-17,22,24,27,30,35H,9-12,18-21,23,25H2,1-4H3,(H,42,52)(H,43,50)(H,44,49)(H2,45,46,47,51)/t27?,30?,35-/m0/s1. The number of hydrogen-bond donors (Lipinski definition) is 5. The fourth-order valence-corrected chi connectivity index (χ4v) is 8.56. The van der Waals surface area contributed by atoms with Crippen LogP contribution in [0.4, 0.5) is 10.5 Å². The fourth-order valence-electron chi connectivity index (χ4n) is 7.13. The highest BCUT2D eigenvalue weighted by atomic mass is 32.2. The van der Waals surface area contributed by atoms with Crippen LogP contribution in [0.25, 0.3) is 22.5 Å². The summed E-state index contributed by atoms with van der Waals surface area (Å²) in [5.41, 5.74) is 3.27. The minimum absolute atomic E-state index is 0.165. The van der Waals surface area contributed by atoms with Crippen LogP contribution in [0.1, 0.15) is 57.6 Å². The zero-order chi connectivity index (χ0) is 40.7. The summed E-state index contributed by atoms with van der Waals surface area (Å²) < 4.78 is 39.2. The van der Waals surface area contributed by atoms with Crippen molar-refractivity contribution < 1.29 is 32.3 Å². The van der Waals surface area contributed by atoms with Crippen molar-refractivity contribution in [2.45, 2.75) is 76.3 Å². The first-order chi connectivity index (χ1) is 27.1. The molecule has 1 saturated carbocycles. The largest absolute Gasteiger partial charge is 0.444 e. The molecule has 2 heterocycles. The molecule has 4 aromatic rings. The van der Waals surface area contributed by atoms with Gasteiger partial charge < -0.3 is 25.4 Å². The molecule has 1 saturated heterocycles. The van der Waals surface area contributed by atoms with E-state index in [4.69, 9.17) is 9.47 Å². The molecule has 16 heteroatoms. The van der Waals surface area contributed by atoms with Crippen molar-refractivity contribution in [3.05, 3.63) is 88.3 Å². The van der Waals surface area contributed by atoms with Crippen LogP contribution in [0.15, 0.2) is 76.4 Å². The Balaban J connectivity index is 1.18. The Labute approximate surface area is 332 Å². The molecule has 0 spiro atoms. The first kappa shape index (κ1) is 41.3. The number of aromatic amines is 2. The molecule has 0 unspecified atom stereocenters. The minimum atomic E-state index is -3.73. The number of rotatable bonds is 12. The van der Waals surface area contributed by atoms with E-state index in [1.165, 1.54) is 4.31 Å². The van der Waals surface area contributed by atoms with Crippen LogP contribution in [-0.4, -0.2) is 90.3 Å². The van der Waals surface area contributed by atoms with Gasteiger partial charge in [-0.3, -0.25) is 14.6 Å². The number of carbonyl (C=O) groups excluding carboxylic acids is 3. The fraction of sp³-hybridized carbons (Fsp3) is 0.439. The van der Waals surface area contributed by atoms with Gasteiger partial charge in [0.1, 0.15) is 11.6 Å². The van der Waals surface area contributed by atoms with Gasteiger partial charge >= 0.3 is 11.8 Å². The minimum Gasteiger partial charge on any atom is -0.444 e. The van der Waals surface area contributed by atoms with E-state index in [0.29, 0.717) is 49.7 Å². The number of amides is 3. The van der Waals surface area contributed by atoms with E-state index in [0.717, 1.165) is 35.1 Å². The molecule has 2 aliphatic rings. The molecule has 15 nitrogen and oxygen atoms in total. The second-order valence-corrected chi connectivity index (χ2v) is 17.6. The topological polar surface area (TPSA) is 205 Å². The number of nitrogens with zero attached hydrogens (tertiary/aromatic N) is 2. The molecular formula is C41H51N7O8S. The molecule has 1 aliphatic carbocycles. The van der Waals surface area contributed by atoms with Crippen LogP contribution in [0.5, 0.6) is 0 Å². The van der Waals surface area contributed by atoms with E-state index in [1.807, 2.05) is 52.0 Å². The number of carbonyl (C=O) groups is 3. The van der Waals surface area contributed by atoms with Gasteiger partial charge in [0.25, 0.3) is 0 Å². The summed E-state index contributed by atoms with van der Waals surface area (Å²) in [5, 5.41) is 15.1. The van der Waals surface area contributed by atoms with Crippen molar-refractivity contribution in [3.8, 4) is 22.5 Å². The first-order valence-electron chi connectivity index (χ1n) is 19.3. The van der Waals surface area contributed by atoms with Crippen LogP contribution in [0.3, 0.4) is 0 Å². The molecular weight excluding hydrogens is 751 g/mol. The molecule has 3 aromatic carbocycles. The molecule has 304 valence electrons. The summed E-state index contributed by atoms with van der Waals surface area (Å²) in [5.74, 6) is -0.382. The summed E-state index contributed by atoms with van der Waals surface area (Å²) in [4.78, 5) is 54.3. The summed E-state index contributed by atoms with van der Waals surface area (Å²) in [6, 6.07) is 18.5. The van der Waals surface area contributed by atoms with Crippen LogP contribution in [0.2, 0.25) is 0 Å². The lowest BCUT2D eigenvalue weighted by molar-refractivity contribution is -0.130. The highest BCUT2D eigenvalue weighted by molar-refractivity contribution is 7.89. The second kappa shape index (κ2) is 17.9. The SMILES string of the molecule is Cc1ccc(S(=O)(=O)N2CCOCC2)cc1-c1cccc(C[C@H](NC(=O)C2CCC(CNC(=O)OC(C)(C)C)CC2)C(=O)Nc2ccc(-c3n[nH]c(=O)[nH]3)cc2)c1. The lowest BCUT2D eigenvalue weighted by Crippen LogP contribution is -2.48. The third-order valence-electron chi connectivity index (χ3n) is 10.2. The molecule has 1 atom stereocenters. The van der Waals surface area contributed by atoms with Crippen LogP contribution < -0.4 is 21.6 Å². The number of morpholine rings is 1. The van der Waals surface area contributed by atoms with Gasteiger partial charge in [-0.15, -0.1) is 0 Å². The van der Waals surface area contributed by atoms with Gasteiger partial charge in [-0.05, 0) is 118 Å². The van der Waals surface area contributed by atoms with Gasteiger partial charge in [0.15, 0.2) is 5.82 Å². The van der Waals surface area contributed by atoms with Crippen molar-refractivity contribution in [1.82, 2.24) is 30.1 Å². The average molecular weight is 802 g/mol. The van der Waals surface area contributed by atoms with E-state index >= 15 is 0 Å². The number of sulfonamides is 1. The van der Waals surface area contributed by atoms with Crippen LogP contribution in [0, 0.1) is 18.8 Å². The molecule has 2 fully saturated rings. The lowest BCUT2D eigenvalue weighted by Gasteiger charge is -2.29. The van der Waals surface area contributed by atoms with E-state index in [9.17, 15) is 27.6 Å². The van der Waals surface area contributed by atoms with Gasteiger partial charge in [-0.25, -0.2) is 23.1 Å². The molecule has 1 aliphatic heterocycles. The van der Waals surface area contributed by atoms with E-state index in [2.05, 4.69) is 31.1 Å². The van der Waals surface area contributed by atoms with Gasteiger partial charge in [0.05, 0.1) is 18.1 Å². The summed E-state index contributed by atoms with van der Waals surface area (Å²) in [7, 11) is -3.73. The van der Waals surface area contributed by atoms with Crippen LogP contribution >= 0.6 is 0 Å². The quantitative estimate of drug-likeness (QED) is 0.134. The maximum atomic E-state index is 14.0. The smallest absolute Gasteiger partial charge is 0.407 e. The Bertz CT molecular complexity index is 2220. The number of hydrogen-bond acceptors (Lipinski definition) is 9.